The maximum Gasteiger partial charge on any atom is 0.343 e. The maximum absolute atomic E-state index is 10.8. The molecule has 0 aromatic heterocycles. The SMILES string of the molecule is COC(=O)COc1ccc(C)cc1S. The molecule has 0 unspecified atom stereocenters. The maximum atomic E-state index is 10.8. The van der Waals surface area contributed by atoms with Crippen LogP contribution in [0.5, 0.6) is 5.75 Å². The van der Waals surface area contributed by atoms with Gasteiger partial charge in [0, 0.05) is 4.90 Å². The van der Waals surface area contributed by atoms with Crippen LogP contribution in [0.3, 0.4) is 0 Å². The second-order valence-corrected chi connectivity index (χ2v) is 3.32. The van der Waals surface area contributed by atoms with Crippen molar-refractivity contribution in [2.75, 3.05) is 13.7 Å². The predicted molar refractivity (Wildman–Crippen MR) is 55.9 cm³/mol. The summed E-state index contributed by atoms with van der Waals surface area (Å²) >= 11 is 4.22. The number of aryl methyl sites for hydroxylation is 1. The van der Waals surface area contributed by atoms with Crippen LogP contribution in [0.1, 0.15) is 5.56 Å². The third-order valence-electron chi connectivity index (χ3n) is 1.69. The molecule has 0 saturated carbocycles. The first-order valence-corrected chi connectivity index (χ1v) is 4.57. The molecule has 0 N–H and O–H groups in total. The van der Waals surface area contributed by atoms with Gasteiger partial charge in [-0.25, -0.2) is 4.79 Å². The topological polar surface area (TPSA) is 35.5 Å². The molecule has 0 radical (unpaired) electrons. The van der Waals surface area contributed by atoms with Gasteiger partial charge in [-0.1, -0.05) is 6.07 Å². The van der Waals surface area contributed by atoms with E-state index in [2.05, 4.69) is 17.4 Å². The summed E-state index contributed by atoms with van der Waals surface area (Å²) < 4.78 is 9.64. The molecule has 1 aromatic rings. The lowest BCUT2D eigenvalue weighted by Gasteiger charge is -2.07. The highest BCUT2D eigenvalue weighted by molar-refractivity contribution is 7.80. The Hall–Kier alpha value is -1.16. The van der Waals surface area contributed by atoms with Gasteiger partial charge in [0.25, 0.3) is 0 Å². The van der Waals surface area contributed by atoms with Crippen LogP contribution in [-0.4, -0.2) is 19.7 Å². The zero-order valence-corrected chi connectivity index (χ0v) is 9.01. The normalized spacial score (nSPS) is 9.64. The Morgan fingerprint density at radius 1 is 1.50 bits per heavy atom. The minimum Gasteiger partial charge on any atom is -0.481 e. The van der Waals surface area contributed by atoms with Gasteiger partial charge < -0.3 is 9.47 Å². The van der Waals surface area contributed by atoms with Crippen molar-refractivity contribution in [1.82, 2.24) is 0 Å². The minimum atomic E-state index is -0.404. The molecule has 0 fully saturated rings. The van der Waals surface area contributed by atoms with E-state index >= 15 is 0 Å². The fourth-order valence-electron chi connectivity index (χ4n) is 0.945. The molecule has 76 valence electrons. The lowest BCUT2D eigenvalue weighted by atomic mass is 10.2. The van der Waals surface area contributed by atoms with Crippen molar-refractivity contribution in [2.45, 2.75) is 11.8 Å². The van der Waals surface area contributed by atoms with Gasteiger partial charge >= 0.3 is 5.97 Å². The number of hydrogen-bond acceptors (Lipinski definition) is 4. The summed E-state index contributed by atoms with van der Waals surface area (Å²) in [5.41, 5.74) is 1.10. The average Bonchev–Trinajstić information content (AvgIpc) is 2.16. The number of esters is 1. The van der Waals surface area contributed by atoms with Crippen molar-refractivity contribution < 1.29 is 14.3 Å². The summed E-state index contributed by atoms with van der Waals surface area (Å²) in [5, 5.41) is 0. The molecule has 3 nitrogen and oxygen atoms in total. The molecule has 1 aromatic carbocycles. The molecule has 1 rings (SSSR count). The number of thiol groups is 1. The van der Waals surface area contributed by atoms with E-state index in [1.807, 2.05) is 19.1 Å². The van der Waals surface area contributed by atoms with Crippen LogP contribution in [0.25, 0.3) is 0 Å². The van der Waals surface area contributed by atoms with E-state index in [0.29, 0.717) is 10.6 Å². The standard InChI is InChI=1S/C10H12O3S/c1-7-3-4-8(9(14)5-7)13-6-10(11)12-2/h3-5,14H,6H2,1-2H3. The molecule has 0 spiro atoms. The second-order valence-electron chi connectivity index (χ2n) is 2.84. The van der Waals surface area contributed by atoms with E-state index in [1.165, 1.54) is 7.11 Å². The fraction of sp³-hybridized carbons (Fsp3) is 0.300. The quantitative estimate of drug-likeness (QED) is 0.613. The van der Waals surface area contributed by atoms with Crippen LogP contribution in [-0.2, 0) is 9.53 Å². The molecule has 0 amide bonds. The highest BCUT2D eigenvalue weighted by Gasteiger charge is 2.04. The fourth-order valence-corrected chi connectivity index (χ4v) is 1.29. The summed E-state index contributed by atoms with van der Waals surface area (Å²) in [6, 6.07) is 5.54. The van der Waals surface area contributed by atoms with E-state index in [9.17, 15) is 4.79 Å². The van der Waals surface area contributed by atoms with Gasteiger partial charge in [-0.3, -0.25) is 0 Å². The number of benzene rings is 1. The van der Waals surface area contributed by atoms with Gasteiger partial charge in [-0.2, -0.15) is 0 Å². The van der Waals surface area contributed by atoms with Gasteiger partial charge in [-0.15, -0.1) is 12.6 Å². The highest BCUT2D eigenvalue weighted by Crippen LogP contribution is 2.23. The van der Waals surface area contributed by atoms with Gasteiger partial charge in [0.05, 0.1) is 7.11 Å². The predicted octanol–water partition coefficient (Wildman–Crippen LogP) is 1.84. The molecule has 14 heavy (non-hydrogen) atoms. The largest absolute Gasteiger partial charge is 0.481 e. The van der Waals surface area contributed by atoms with Gasteiger partial charge in [0.2, 0.25) is 0 Å². The first kappa shape index (κ1) is 10.9. The molecule has 0 heterocycles. The van der Waals surface area contributed by atoms with E-state index in [4.69, 9.17) is 4.74 Å². The van der Waals surface area contributed by atoms with Crippen LogP contribution in [0.2, 0.25) is 0 Å². The van der Waals surface area contributed by atoms with Crippen molar-refractivity contribution in [1.29, 1.82) is 0 Å². The van der Waals surface area contributed by atoms with Gasteiger partial charge in [0.15, 0.2) is 6.61 Å². The highest BCUT2D eigenvalue weighted by atomic mass is 32.1. The van der Waals surface area contributed by atoms with E-state index in [-0.39, 0.29) is 6.61 Å². The van der Waals surface area contributed by atoms with E-state index in [0.717, 1.165) is 5.56 Å². The summed E-state index contributed by atoms with van der Waals surface area (Å²) in [6.07, 6.45) is 0. The van der Waals surface area contributed by atoms with Crippen LogP contribution >= 0.6 is 12.6 Å². The van der Waals surface area contributed by atoms with E-state index in [1.54, 1.807) is 6.07 Å². The lowest BCUT2D eigenvalue weighted by Crippen LogP contribution is -2.12. The first-order valence-electron chi connectivity index (χ1n) is 4.12. The zero-order valence-electron chi connectivity index (χ0n) is 8.11. The first-order chi connectivity index (χ1) is 6.63. The minimum absolute atomic E-state index is 0.0902. The van der Waals surface area contributed by atoms with Crippen molar-refractivity contribution in [3.05, 3.63) is 23.8 Å². The van der Waals surface area contributed by atoms with Crippen molar-refractivity contribution in [2.24, 2.45) is 0 Å². The van der Waals surface area contributed by atoms with Crippen molar-refractivity contribution >= 4 is 18.6 Å². The zero-order chi connectivity index (χ0) is 10.6. The average molecular weight is 212 g/mol. The Morgan fingerprint density at radius 3 is 2.79 bits per heavy atom. The Bertz CT molecular complexity index is 336. The lowest BCUT2D eigenvalue weighted by molar-refractivity contribution is -0.142. The van der Waals surface area contributed by atoms with Crippen molar-refractivity contribution in [3.63, 3.8) is 0 Å². The van der Waals surface area contributed by atoms with Gasteiger partial charge in [0.1, 0.15) is 5.75 Å². The summed E-state index contributed by atoms with van der Waals surface area (Å²) in [7, 11) is 1.32. The van der Waals surface area contributed by atoms with Crippen LogP contribution in [0, 0.1) is 6.92 Å². The molecule has 0 bridgehead atoms. The molecular weight excluding hydrogens is 200 g/mol. The smallest absolute Gasteiger partial charge is 0.343 e. The van der Waals surface area contributed by atoms with Crippen molar-refractivity contribution in [3.8, 4) is 5.75 Å². The van der Waals surface area contributed by atoms with E-state index < -0.39 is 5.97 Å². The summed E-state index contributed by atoms with van der Waals surface area (Å²) in [5.74, 6) is 0.183. The summed E-state index contributed by atoms with van der Waals surface area (Å²) in [6.45, 7) is 1.87. The van der Waals surface area contributed by atoms with Crippen LogP contribution in [0.15, 0.2) is 23.1 Å². The molecule has 0 atom stereocenters. The Kier molecular flexibility index (Phi) is 3.83. The second kappa shape index (κ2) is 4.91. The third kappa shape index (κ3) is 2.96. The van der Waals surface area contributed by atoms with Crippen LogP contribution in [0.4, 0.5) is 0 Å². The molecule has 0 saturated heterocycles. The number of carbonyl (C=O) groups is 1. The monoisotopic (exact) mass is 212 g/mol. The number of methoxy groups -OCH3 is 1. The molecule has 0 aliphatic rings. The molecule has 0 aliphatic heterocycles. The number of hydrogen-bond donors (Lipinski definition) is 1. The molecule has 0 aliphatic carbocycles. The number of rotatable bonds is 3. The Labute approximate surface area is 88.4 Å². The van der Waals surface area contributed by atoms with Gasteiger partial charge in [-0.05, 0) is 24.6 Å². The van der Waals surface area contributed by atoms with Crippen LogP contribution < -0.4 is 4.74 Å². The number of ether oxygens (including phenoxy) is 2. The third-order valence-corrected chi connectivity index (χ3v) is 2.04. The Morgan fingerprint density at radius 2 is 2.21 bits per heavy atom. The molecular formula is C10H12O3S. The number of carbonyl (C=O) groups excluding carboxylic acids is 1. The molecule has 4 heteroatoms. The Balaban J connectivity index is 2.63. The summed E-state index contributed by atoms with van der Waals surface area (Å²) in [4.78, 5) is 11.5.